The van der Waals surface area contributed by atoms with Gasteiger partial charge in [0, 0.05) is 6.20 Å². The molecule has 3 nitrogen and oxygen atoms in total. The van der Waals surface area contributed by atoms with Gasteiger partial charge in [-0.1, -0.05) is 23.2 Å². The van der Waals surface area contributed by atoms with Gasteiger partial charge in [0.25, 0.3) is 5.91 Å². The second kappa shape index (κ2) is 5.33. The van der Waals surface area contributed by atoms with Crippen LogP contribution in [0.25, 0.3) is 0 Å². The molecule has 0 saturated carbocycles. The van der Waals surface area contributed by atoms with E-state index in [1.54, 1.807) is 18.3 Å². The Balaban J connectivity index is 2.27. The van der Waals surface area contributed by atoms with Gasteiger partial charge >= 0.3 is 0 Å². The number of amides is 1. The van der Waals surface area contributed by atoms with Crippen molar-refractivity contribution in [2.45, 2.75) is 0 Å². The average Bonchev–Trinajstić information content (AvgIpc) is 2.35. The Morgan fingerprint density at radius 1 is 1.28 bits per heavy atom. The molecule has 0 aliphatic carbocycles. The van der Waals surface area contributed by atoms with Crippen LogP contribution in [0.1, 0.15) is 10.4 Å². The van der Waals surface area contributed by atoms with Crippen molar-refractivity contribution < 1.29 is 9.18 Å². The van der Waals surface area contributed by atoms with Crippen molar-refractivity contribution in [1.82, 2.24) is 4.98 Å². The number of hydrogen-bond donors (Lipinski definition) is 1. The molecule has 1 heterocycles. The number of anilines is 1. The average molecular weight is 285 g/mol. The molecule has 0 atom stereocenters. The van der Waals surface area contributed by atoms with E-state index < -0.39 is 11.7 Å². The van der Waals surface area contributed by atoms with E-state index >= 15 is 0 Å². The van der Waals surface area contributed by atoms with Gasteiger partial charge in [-0.05, 0) is 24.3 Å². The van der Waals surface area contributed by atoms with Crippen LogP contribution in [0.4, 0.5) is 10.1 Å². The maximum absolute atomic E-state index is 13.3. The maximum Gasteiger partial charge on any atom is 0.257 e. The highest BCUT2D eigenvalue weighted by atomic mass is 35.5. The molecule has 18 heavy (non-hydrogen) atoms. The molecule has 1 amide bonds. The summed E-state index contributed by atoms with van der Waals surface area (Å²) in [6.07, 6.45) is 3.04. The molecule has 2 aromatic rings. The van der Waals surface area contributed by atoms with Gasteiger partial charge < -0.3 is 5.32 Å². The second-order valence-corrected chi connectivity index (χ2v) is 4.26. The van der Waals surface area contributed by atoms with Crippen molar-refractivity contribution >= 4 is 34.8 Å². The summed E-state index contributed by atoms with van der Waals surface area (Å²) in [6, 6.07) is 5.51. The van der Waals surface area contributed by atoms with E-state index in [-0.39, 0.29) is 15.6 Å². The SMILES string of the molecule is O=C(Nc1cccnc1)c1cc(F)c(Cl)cc1Cl. The lowest BCUT2D eigenvalue weighted by atomic mass is 10.2. The van der Waals surface area contributed by atoms with Gasteiger partial charge in [-0.15, -0.1) is 0 Å². The van der Waals surface area contributed by atoms with Crippen LogP contribution in [0.2, 0.25) is 10.0 Å². The van der Waals surface area contributed by atoms with E-state index in [2.05, 4.69) is 10.3 Å². The molecule has 92 valence electrons. The van der Waals surface area contributed by atoms with Gasteiger partial charge in [0.1, 0.15) is 5.82 Å². The third kappa shape index (κ3) is 2.78. The van der Waals surface area contributed by atoms with Crippen LogP contribution < -0.4 is 5.32 Å². The first-order valence-corrected chi connectivity index (χ1v) is 5.69. The minimum absolute atomic E-state index is 0.0161. The highest BCUT2D eigenvalue weighted by molar-refractivity contribution is 6.37. The van der Waals surface area contributed by atoms with Gasteiger partial charge in [-0.2, -0.15) is 0 Å². The lowest BCUT2D eigenvalue weighted by Crippen LogP contribution is -2.13. The molecule has 1 aromatic carbocycles. The van der Waals surface area contributed by atoms with E-state index in [9.17, 15) is 9.18 Å². The molecule has 0 saturated heterocycles. The van der Waals surface area contributed by atoms with Gasteiger partial charge in [-0.3, -0.25) is 9.78 Å². The molecule has 0 radical (unpaired) electrons. The van der Waals surface area contributed by atoms with Crippen molar-refractivity contribution in [3.8, 4) is 0 Å². The Hall–Kier alpha value is -1.65. The number of rotatable bonds is 2. The summed E-state index contributed by atoms with van der Waals surface area (Å²) in [5.41, 5.74) is 0.511. The van der Waals surface area contributed by atoms with E-state index in [1.807, 2.05) is 0 Å². The first-order valence-electron chi connectivity index (χ1n) is 4.94. The number of carbonyl (C=O) groups excluding carboxylic acids is 1. The molecule has 1 aromatic heterocycles. The fourth-order valence-corrected chi connectivity index (χ4v) is 1.80. The summed E-state index contributed by atoms with van der Waals surface area (Å²) in [7, 11) is 0. The fourth-order valence-electron chi connectivity index (χ4n) is 1.33. The van der Waals surface area contributed by atoms with E-state index in [1.165, 1.54) is 12.3 Å². The van der Waals surface area contributed by atoms with Crippen molar-refractivity contribution in [3.63, 3.8) is 0 Å². The Morgan fingerprint density at radius 2 is 2.06 bits per heavy atom. The zero-order valence-electron chi connectivity index (χ0n) is 8.95. The summed E-state index contributed by atoms with van der Waals surface area (Å²) in [5.74, 6) is -1.22. The maximum atomic E-state index is 13.3. The van der Waals surface area contributed by atoms with Crippen LogP contribution in [0.15, 0.2) is 36.7 Å². The first-order chi connectivity index (χ1) is 8.58. The minimum atomic E-state index is -0.697. The normalized spacial score (nSPS) is 10.2. The number of benzene rings is 1. The summed E-state index contributed by atoms with van der Waals surface area (Å²) >= 11 is 11.4. The number of carbonyl (C=O) groups is 1. The van der Waals surface area contributed by atoms with Crippen molar-refractivity contribution in [2.24, 2.45) is 0 Å². The van der Waals surface area contributed by atoms with Gasteiger partial charge in [0.2, 0.25) is 0 Å². The number of hydrogen-bond acceptors (Lipinski definition) is 2. The van der Waals surface area contributed by atoms with Crippen molar-refractivity contribution in [3.05, 3.63) is 58.1 Å². The third-order valence-corrected chi connectivity index (χ3v) is 2.78. The number of pyridine rings is 1. The number of aromatic nitrogens is 1. The summed E-state index contributed by atoms with van der Waals surface area (Å²) in [5, 5.41) is 2.51. The quantitative estimate of drug-likeness (QED) is 0.853. The standard InChI is InChI=1S/C12H7Cl2FN2O/c13-9-5-10(14)11(15)4-8(9)12(18)17-7-2-1-3-16-6-7/h1-6H,(H,17,18). The monoisotopic (exact) mass is 284 g/mol. The smallest absolute Gasteiger partial charge is 0.257 e. The Morgan fingerprint density at radius 3 is 2.72 bits per heavy atom. The fraction of sp³-hybridized carbons (Fsp3) is 0. The van der Waals surface area contributed by atoms with E-state index in [0.717, 1.165) is 6.07 Å². The van der Waals surface area contributed by atoms with Gasteiger partial charge in [0.05, 0.1) is 27.5 Å². The predicted octanol–water partition coefficient (Wildman–Crippen LogP) is 3.78. The molecule has 6 heteroatoms. The minimum Gasteiger partial charge on any atom is -0.321 e. The first kappa shape index (κ1) is 12.8. The lowest BCUT2D eigenvalue weighted by molar-refractivity contribution is 0.102. The summed E-state index contributed by atoms with van der Waals surface area (Å²) in [6.45, 7) is 0. The van der Waals surface area contributed by atoms with Crippen LogP contribution in [-0.4, -0.2) is 10.9 Å². The lowest BCUT2D eigenvalue weighted by Gasteiger charge is -2.07. The zero-order chi connectivity index (χ0) is 13.1. The summed E-state index contributed by atoms with van der Waals surface area (Å²) < 4.78 is 13.3. The molecule has 0 spiro atoms. The second-order valence-electron chi connectivity index (χ2n) is 3.44. The predicted molar refractivity (Wildman–Crippen MR) is 68.6 cm³/mol. The molecule has 0 aliphatic heterocycles. The summed E-state index contributed by atoms with van der Waals surface area (Å²) in [4.78, 5) is 15.7. The van der Waals surface area contributed by atoms with Crippen LogP contribution in [0.3, 0.4) is 0 Å². The van der Waals surface area contributed by atoms with Crippen LogP contribution in [0, 0.1) is 5.82 Å². The van der Waals surface area contributed by atoms with Gasteiger partial charge in [-0.25, -0.2) is 4.39 Å². The van der Waals surface area contributed by atoms with Crippen LogP contribution in [-0.2, 0) is 0 Å². The highest BCUT2D eigenvalue weighted by Crippen LogP contribution is 2.25. The van der Waals surface area contributed by atoms with E-state index in [0.29, 0.717) is 5.69 Å². The van der Waals surface area contributed by atoms with Crippen LogP contribution in [0.5, 0.6) is 0 Å². The third-order valence-electron chi connectivity index (χ3n) is 2.17. The van der Waals surface area contributed by atoms with Crippen molar-refractivity contribution in [2.75, 3.05) is 5.32 Å². The largest absolute Gasteiger partial charge is 0.321 e. The Bertz CT molecular complexity index is 590. The molecule has 0 unspecified atom stereocenters. The number of nitrogens with zero attached hydrogens (tertiary/aromatic N) is 1. The molecular weight excluding hydrogens is 278 g/mol. The Kier molecular flexibility index (Phi) is 3.79. The molecule has 0 fully saturated rings. The zero-order valence-corrected chi connectivity index (χ0v) is 10.5. The topological polar surface area (TPSA) is 42.0 Å². The molecule has 0 aliphatic rings. The number of halogens is 3. The molecule has 2 rings (SSSR count). The molecular formula is C12H7Cl2FN2O. The van der Waals surface area contributed by atoms with Crippen LogP contribution >= 0.6 is 23.2 Å². The Labute approximate surface area is 113 Å². The van der Waals surface area contributed by atoms with Gasteiger partial charge in [0.15, 0.2) is 0 Å². The van der Waals surface area contributed by atoms with E-state index in [4.69, 9.17) is 23.2 Å². The number of nitrogens with one attached hydrogen (secondary N) is 1. The molecule has 1 N–H and O–H groups in total. The molecule has 0 bridgehead atoms. The van der Waals surface area contributed by atoms with Crippen molar-refractivity contribution in [1.29, 1.82) is 0 Å². The highest BCUT2D eigenvalue weighted by Gasteiger charge is 2.14.